The molecule has 0 aromatic rings. The van der Waals surface area contributed by atoms with Crippen LogP contribution in [-0.4, -0.2) is 12.1 Å². The lowest BCUT2D eigenvalue weighted by atomic mass is 10.2. The number of nitrogens with one attached hydrogen (secondary N) is 1. The van der Waals surface area contributed by atoms with Crippen molar-refractivity contribution in [3.05, 3.63) is 0 Å². The molecule has 9 heavy (non-hydrogen) atoms. The molecule has 0 saturated carbocycles. The van der Waals surface area contributed by atoms with Crippen LogP contribution in [0, 0.1) is 11.3 Å². The Kier molecular flexibility index (Phi) is 2.07. The number of nitrogens with zero attached hydrogens (tertiary/aromatic N) is 1. The van der Waals surface area contributed by atoms with Crippen molar-refractivity contribution >= 4 is 0 Å². The molecule has 1 fully saturated rings. The molecule has 1 aliphatic heterocycles. The Morgan fingerprint density at radius 3 is 2.78 bits per heavy atom. The van der Waals surface area contributed by atoms with Gasteiger partial charge in [0, 0.05) is 6.04 Å². The second-order valence-corrected chi connectivity index (χ2v) is 2.53. The third kappa shape index (κ3) is 1.43. The summed E-state index contributed by atoms with van der Waals surface area (Å²) in [6.07, 6.45) is 3.36. The Labute approximate surface area is 55.9 Å². The maximum absolute atomic E-state index is 8.47. The molecular formula is C7H12N2. The summed E-state index contributed by atoms with van der Waals surface area (Å²) in [6, 6.07) is 2.96. The molecule has 0 aliphatic carbocycles. The topological polar surface area (TPSA) is 35.8 Å². The van der Waals surface area contributed by atoms with Crippen molar-refractivity contribution in [2.75, 3.05) is 0 Å². The van der Waals surface area contributed by atoms with E-state index in [1.807, 2.05) is 0 Å². The molecule has 0 amide bonds. The van der Waals surface area contributed by atoms with Crippen LogP contribution in [0.25, 0.3) is 0 Å². The fourth-order valence-electron chi connectivity index (χ4n) is 1.24. The van der Waals surface area contributed by atoms with Gasteiger partial charge in [-0.2, -0.15) is 5.26 Å². The summed E-state index contributed by atoms with van der Waals surface area (Å²) in [6.45, 7) is 2.15. The Hall–Kier alpha value is -0.550. The molecule has 1 unspecified atom stereocenters. The molecular weight excluding hydrogens is 112 g/mol. The molecule has 1 aliphatic rings. The zero-order chi connectivity index (χ0) is 6.69. The van der Waals surface area contributed by atoms with Gasteiger partial charge < -0.3 is 0 Å². The summed E-state index contributed by atoms with van der Waals surface area (Å²) in [5, 5.41) is 11.7. The van der Waals surface area contributed by atoms with Crippen LogP contribution in [0.2, 0.25) is 0 Å². The molecule has 1 saturated heterocycles. The van der Waals surface area contributed by atoms with Gasteiger partial charge in [0.15, 0.2) is 0 Å². The highest BCUT2D eigenvalue weighted by Crippen LogP contribution is 2.13. The first-order valence-corrected chi connectivity index (χ1v) is 3.52. The fourth-order valence-corrected chi connectivity index (χ4v) is 1.24. The minimum Gasteiger partial charge on any atom is -0.299 e. The maximum atomic E-state index is 8.47. The third-order valence-corrected chi connectivity index (χ3v) is 1.89. The van der Waals surface area contributed by atoms with Gasteiger partial charge >= 0.3 is 0 Å². The zero-order valence-electron chi connectivity index (χ0n) is 5.72. The molecule has 2 atom stereocenters. The molecule has 0 aromatic carbocycles. The Bertz CT molecular complexity index is 125. The molecule has 0 aromatic heterocycles. The SMILES string of the molecule is CCC1CC[C@H](C#N)N1. The number of hydrogen-bond acceptors (Lipinski definition) is 2. The Balaban J connectivity index is 2.31. The van der Waals surface area contributed by atoms with Crippen LogP contribution < -0.4 is 5.32 Å². The summed E-state index contributed by atoms with van der Waals surface area (Å²) in [7, 11) is 0. The van der Waals surface area contributed by atoms with Crippen molar-refractivity contribution in [3.63, 3.8) is 0 Å². The molecule has 1 heterocycles. The van der Waals surface area contributed by atoms with E-state index in [0.717, 1.165) is 12.8 Å². The van der Waals surface area contributed by atoms with Crippen molar-refractivity contribution in [3.8, 4) is 6.07 Å². The van der Waals surface area contributed by atoms with Gasteiger partial charge in [-0.1, -0.05) is 6.92 Å². The van der Waals surface area contributed by atoms with E-state index >= 15 is 0 Å². The van der Waals surface area contributed by atoms with E-state index in [0.29, 0.717) is 6.04 Å². The second kappa shape index (κ2) is 2.84. The van der Waals surface area contributed by atoms with Gasteiger partial charge in [0.25, 0.3) is 0 Å². The summed E-state index contributed by atoms with van der Waals surface area (Å²) >= 11 is 0. The monoisotopic (exact) mass is 124 g/mol. The van der Waals surface area contributed by atoms with Gasteiger partial charge in [0.1, 0.15) is 0 Å². The normalized spacial score (nSPS) is 34.2. The van der Waals surface area contributed by atoms with Crippen LogP contribution in [0.3, 0.4) is 0 Å². The quantitative estimate of drug-likeness (QED) is 0.567. The number of nitriles is 1. The van der Waals surface area contributed by atoms with Crippen molar-refractivity contribution in [2.24, 2.45) is 0 Å². The van der Waals surface area contributed by atoms with Crippen molar-refractivity contribution in [1.29, 1.82) is 5.26 Å². The highest BCUT2D eigenvalue weighted by molar-refractivity contribution is 4.96. The molecule has 2 nitrogen and oxygen atoms in total. The maximum Gasteiger partial charge on any atom is 0.0955 e. The molecule has 0 bridgehead atoms. The molecule has 0 spiro atoms. The van der Waals surface area contributed by atoms with Crippen LogP contribution in [0.5, 0.6) is 0 Å². The van der Waals surface area contributed by atoms with Gasteiger partial charge in [-0.3, -0.25) is 5.32 Å². The van der Waals surface area contributed by atoms with E-state index in [1.54, 1.807) is 0 Å². The minimum absolute atomic E-state index is 0.134. The Morgan fingerprint density at radius 1 is 1.67 bits per heavy atom. The van der Waals surface area contributed by atoms with E-state index in [4.69, 9.17) is 5.26 Å². The number of hydrogen-bond donors (Lipinski definition) is 1. The molecule has 0 radical (unpaired) electrons. The van der Waals surface area contributed by atoms with Crippen molar-refractivity contribution < 1.29 is 0 Å². The molecule has 1 N–H and O–H groups in total. The van der Waals surface area contributed by atoms with Gasteiger partial charge in [-0.05, 0) is 19.3 Å². The fraction of sp³-hybridized carbons (Fsp3) is 0.857. The largest absolute Gasteiger partial charge is 0.299 e. The average Bonchev–Trinajstić information content (AvgIpc) is 2.34. The lowest BCUT2D eigenvalue weighted by Crippen LogP contribution is -2.27. The van der Waals surface area contributed by atoms with E-state index in [2.05, 4.69) is 18.3 Å². The number of rotatable bonds is 1. The van der Waals surface area contributed by atoms with Crippen LogP contribution in [0.15, 0.2) is 0 Å². The van der Waals surface area contributed by atoms with Gasteiger partial charge in [-0.25, -0.2) is 0 Å². The highest BCUT2D eigenvalue weighted by Gasteiger charge is 2.20. The van der Waals surface area contributed by atoms with Crippen LogP contribution in [0.1, 0.15) is 26.2 Å². The Morgan fingerprint density at radius 2 is 2.44 bits per heavy atom. The zero-order valence-corrected chi connectivity index (χ0v) is 5.72. The smallest absolute Gasteiger partial charge is 0.0955 e. The first-order chi connectivity index (χ1) is 4.36. The first-order valence-electron chi connectivity index (χ1n) is 3.52. The summed E-state index contributed by atoms with van der Waals surface area (Å²) in [5.41, 5.74) is 0. The van der Waals surface area contributed by atoms with Gasteiger partial charge in [0.05, 0.1) is 12.1 Å². The van der Waals surface area contributed by atoms with E-state index in [9.17, 15) is 0 Å². The highest BCUT2D eigenvalue weighted by atomic mass is 15.0. The summed E-state index contributed by atoms with van der Waals surface area (Å²) in [4.78, 5) is 0. The summed E-state index contributed by atoms with van der Waals surface area (Å²) in [5.74, 6) is 0. The lowest BCUT2D eigenvalue weighted by Gasteiger charge is -2.04. The van der Waals surface area contributed by atoms with Gasteiger partial charge in [-0.15, -0.1) is 0 Å². The van der Waals surface area contributed by atoms with E-state index in [1.165, 1.54) is 6.42 Å². The average molecular weight is 124 g/mol. The van der Waals surface area contributed by atoms with Gasteiger partial charge in [0.2, 0.25) is 0 Å². The standard InChI is InChI=1S/C7H12N2/c1-2-6-3-4-7(5-8)9-6/h6-7,9H,2-4H2,1H3/t6?,7-/m1/s1. The van der Waals surface area contributed by atoms with E-state index in [-0.39, 0.29) is 6.04 Å². The van der Waals surface area contributed by atoms with Crippen molar-refractivity contribution in [1.82, 2.24) is 5.32 Å². The first kappa shape index (κ1) is 6.57. The molecule has 50 valence electrons. The molecule has 2 heteroatoms. The molecule has 1 rings (SSSR count). The summed E-state index contributed by atoms with van der Waals surface area (Å²) < 4.78 is 0. The predicted octanol–water partition coefficient (Wildman–Crippen LogP) is 1.04. The van der Waals surface area contributed by atoms with Crippen molar-refractivity contribution in [2.45, 2.75) is 38.3 Å². The van der Waals surface area contributed by atoms with Crippen LogP contribution >= 0.6 is 0 Å². The lowest BCUT2D eigenvalue weighted by molar-refractivity contribution is 0.568. The van der Waals surface area contributed by atoms with E-state index < -0.39 is 0 Å². The predicted molar refractivity (Wildman–Crippen MR) is 35.8 cm³/mol. The third-order valence-electron chi connectivity index (χ3n) is 1.89. The van der Waals surface area contributed by atoms with Crippen LogP contribution in [0.4, 0.5) is 0 Å². The second-order valence-electron chi connectivity index (χ2n) is 2.53. The van der Waals surface area contributed by atoms with Crippen LogP contribution in [-0.2, 0) is 0 Å². The minimum atomic E-state index is 0.134.